The summed E-state index contributed by atoms with van der Waals surface area (Å²) in [5, 5.41) is 2.52. The average molecular weight is 272 g/mol. The van der Waals surface area contributed by atoms with Crippen LogP contribution in [0.5, 0.6) is 0 Å². The summed E-state index contributed by atoms with van der Waals surface area (Å²) in [6, 6.07) is 3.10. The van der Waals surface area contributed by atoms with E-state index in [1.165, 1.54) is 6.20 Å². The summed E-state index contributed by atoms with van der Waals surface area (Å²) in [5.74, 6) is 5.23. The lowest BCUT2D eigenvalue weighted by Gasteiger charge is -2.05. The van der Waals surface area contributed by atoms with Crippen LogP contribution in [0.15, 0.2) is 18.3 Å². The Balaban J connectivity index is 2.50. The van der Waals surface area contributed by atoms with E-state index in [2.05, 4.69) is 15.7 Å². The first-order chi connectivity index (χ1) is 8.48. The van der Waals surface area contributed by atoms with Crippen molar-refractivity contribution >= 4 is 21.6 Å². The molecular formula is C10H16N4O3S. The van der Waals surface area contributed by atoms with Crippen LogP contribution in [-0.2, 0) is 9.84 Å². The summed E-state index contributed by atoms with van der Waals surface area (Å²) in [6.45, 7) is 1.66. The molecule has 0 fully saturated rings. The molecule has 1 heterocycles. The fourth-order valence-corrected chi connectivity index (χ4v) is 1.88. The number of hydrazine groups is 1. The summed E-state index contributed by atoms with van der Waals surface area (Å²) in [6.07, 6.45) is 1.36. The van der Waals surface area contributed by atoms with Gasteiger partial charge in [-0.2, -0.15) is 0 Å². The molecule has 1 aromatic rings. The van der Waals surface area contributed by atoms with Gasteiger partial charge in [-0.1, -0.05) is 6.92 Å². The zero-order chi connectivity index (χ0) is 13.6. The normalized spacial score (nSPS) is 11.0. The molecule has 8 heteroatoms. The molecule has 0 radical (unpaired) electrons. The molecule has 0 saturated carbocycles. The number of nitrogens with zero attached hydrogens (tertiary/aromatic N) is 1. The Morgan fingerprint density at radius 1 is 1.44 bits per heavy atom. The lowest BCUT2D eigenvalue weighted by Crippen LogP contribution is -2.29. The van der Waals surface area contributed by atoms with Gasteiger partial charge in [0.25, 0.3) is 5.91 Å². The highest BCUT2D eigenvalue weighted by Gasteiger charge is 2.09. The largest absolute Gasteiger partial charge is 0.351 e. The summed E-state index contributed by atoms with van der Waals surface area (Å²) in [5.41, 5.74) is 2.69. The van der Waals surface area contributed by atoms with Crippen molar-refractivity contribution in [2.75, 3.05) is 23.5 Å². The minimum Gasteiger partial charge on any atom is -0.351 e. The van der Waals surface area contributed by atoms with Crippen LogP contribution in [0.3, 0.4) is 0 Å². The molecule has 4 N–H and O–H groups in total. The minimum absolute atomic E-state index is 0.0644. The van der Waals surface area contributed by atoms with E-state index in [4.69, 9.17) is 5.84 Å². The van der Waals surface area contributed by atoms with E-state index in [0.717, 1.165) is 0 Å². The number of anilines is 1. The molecular weight excluding hydrogens is 256 g/mol. The lowest BCUT2D eigenvalue weighted by molar-refractivity contribution is 0.0956. The molecule has 0 aliphatic carbocycles. The van der Waals surface area contributed by atoms with Gasteiger partial charge in [-0.15, -0.1) is 0 Å². The van der Waals surface area contributed by atoms with Crippen LogP contribution in [0.2, 0.25) is 0 Å². The number of nitrogens with two attached hydrogens (primary N) is 1. The number of rotatable bonds is 6. The van der Waals surface area contributed by atoms with Crippen LogP contribution in [0.25, 0.3) is 0 Å². The van der Waals surface area contributed by atoms with Crippen molar-refractivity contribution in [2.45, 2.75) is 6.92 Å². The van der Waals surface area contributed by atoms with Gasteiger partial charge in [-0.05, 0) is 12.1 Å². The Morgan fingerprint density at radius 2 is 2.17 bits per heavy atom. The van der Waals surface area contributed by atoms with Crippen molar-refractivity contribution in [1.82, 2.24) is 10.3 Å². The van der Waals surface area contributed by atoms with Crippen LogP contribution in [0, 0.1) is 0 Å². The summed E-state index contributed by atoms with van der Waals surface area (Å²) in [4.78, 5) is 15.5. The number of hydrogen-bond acceptors (Lipinski definition) is 6. The molecule has 0 aliphatic heterocycles. The fourth-order valence-electron chi connectivity index (χ4n) is 1.18. The Bertz CT molecular complexity index is 498. The molecule has 18 heavy (non-hydrogen) atoms. The third-order valence-corrected chi connectivity index (χ3v) is 4.02. The third kappa shape index (κ3) is 4.30. The number of nitrogens with one attached hydrogen (secondary N) is 2. The van der Waals surface area contributed by atoms with Gasteiger partial charge in [-0.25, -0.2) is 19.2 Å². The van der Waals surface area contributed by atoms with Gasteiger partial charge >= 0.3 is 0 Å². The second-order valence-electron chi connectivity index (χ2n) is 3.57. The summed E-state index contributed by atoms with van der Waals surface area (Å²) in [7, 11) is -3.06. The minimum atomic E-state index is -3.06. The number of sulfone groups is 1. The van der Waals surface area contributed by atoms with Crippen LogP contribution in [-0.4, -0.2) is 37.4 Å². The Morgan fingerprint density at radius 3 is 2.67 bits per heavy atom. The number of nitrogen functional groups attached to an aromatic ring is 1. The molecule has 1 rings (SSSR count). The van der Waals surface area contributed by atoms with Gasteiger partial charge < -0.3 is 10.7 Å². The van der Waals surface area contributed by atoms with Crippen molar-refractivity contribution in [3.05, 3.63) is 23.9 Å². The third-order valence-electron chi connectivity index (χ3n) is 2.31. The van der Waals surface area contributed by atoms with Gasteiger partial charge in [-0.3, -0.25) is 4.79 Å². The molecule has 0 bridgehead atoms. The van der Waals surface area contributed by atoms with Gasteiger partial charge in [0.05, 0.1) is 11.3 Å². The van der Waals surface area contributed by atoms with E-state index >= 15 is 0 Å². The first-order valence-electron chi connectivity index (χ1n) is 5.40. The number of aromatic nitrogens is 1. The number of carbonyl (C=O) groups excluding carboxylic acids is 1. The van der Waals surface area contributed by atoms with E-state index < -0.39 is 9.84 Å². The lowest BCUT2D eigenvalue weighted by atomic mass is 10.2. The maximum absolute atomic E-state index is 11.6. The quantitative estimate of drug-likeness (QED) is 0.476. The number of carbonyl (C=O) groups is 1. The summed E-state index contributed by atoms with van der Waals surface area (Å²) >= 11 is 0. The fraction of sp³-hybridized carbons (Fsp3) is 0.400. The van der Waals surface area contributed by atoms with Crippen molar-refractivity contribution in [2.24, 2.45) is 5.84 Å². The molecule has 0 saturated heterocycles. The van der Waals surface area contributed by atoms with E-state index in [-0.39, 0.29) is 24.0 Å². The van der Waals surface area contributed by atoms with E-state index in [1.54, 1.807) is 19.1 Å². The standard InChI is InChI=1S/C10H16N4O3S/c1-2-18(16,17)6-5-12-10(15)8-3-4-9(14-11)13-7-8/h3-4,7H,2,5-6,11H2,1H3,(H,12,15)(H,13,14). The van der Waals surface area contributed by atoms with E-state index in [1.807, 2.05) is 0 Å². The first-order valence-corrected chi connectivity index (χ1v) is 7.22. The molecule has 100 valence electrons. The number of amides is 1. The van der Waals surface area contributed by atoms with Crippen molar-refractivity contribution in [3.63, 3.8) is 0 Å². The molecule has 1 aromatic heterocycles. The maximum atomic E-state index is 11.6. The van der Waals surface area contributed by atoms with Gasteiger partial charge in [0.1, 0.15) is 5.82 Å². The molecule has 1 amide bonds. The molecule has 0 spiro atoms. The van der Waals surface area contributed by atoms with Crippen LogP contribution in [0.1, 0.15) is 17.3 Å². The average Bonchev–Trinajstić information content (AvgIpc) is 2.38. The van der Waals surface area contributed by atoms with Crippen molar-refractivity contribution < 1.29 is 13.2 Å². The van der Waals surface area contributed by atoms with Crippen molar-refractivity contribution in [3.8, 4) is 0 Å². The van der Waals surface area contributed by atoms with Gasteiger partial charge in [0.2, 0.25) is 0 Å². The zero-order valence-corrected chi connectivity index (χ0v) is 10.8. The molecule has 0 aliphatic rings. The van der Waals surface area contributed by atoms with E-state index in [0.29, 0.717) is 11.4 Å². The number of pyridine rings is 1. The zero-order valence-electron chi connectivity index (χ0n) is 10.0. The highest BCUT2D eigenvalue weighted by molar-refractivity contribution is 7.91. The van der Waals surface area contributed by atoms with Crippen LogP contribution in [0.4, 0.5) is 5.82 Å². The SMILES string of the molecule is CCS(=O)(=O)CCNC(=O)c1ccc(NN)nc1. The Kier molecular flexibility index (Phi) is 5.05. The Hall–Kier alpha value is -1.67. The highest BCUT2D eigenvalue weighted by atomic mass is 32.2. The van der Waals surface area contributed by atoms with Crippen molar-refractivity contribution in [1.29, 1.82) is 0 Å². The molecule has 0 unspecified atom stereocenters. The molecule has 0 aromatic carbocycles. The maximum Gasteiger partial charge on any atom is 0.252 e. The smallest absolute Gasteiger partial charge is 0.252 e. The second kappa shape index (κ2) is 6.31. The monoisotopic (exact) mass is 272 g/mol. The van der Waals surface area contributed by atoms with Crippen LogP contribution >= 0.6 is 0 Å². The first kappa shape index (κ1) is 14.4. The van der Waals surface area contributed by atoms with Gasteiger partial charge in [0, 0.05) is 18.5 Å². The van der Waals surface area contributed by atoms with E-state index in [9.17, 15) is 13.2 Å². The Labute approximate surface area is 106 Å². The number of hydrogen-bond donors (Lipinski definition) is 3. The van der Waals surface area contributed by atoms with Crippen LogP contribution < -0.4 is 16.6 Å². The summed E-state index contributed by atoms with van der Waals surface area (Å²) < 4.78 is 22.4. The highest BCUT2D eigenvalue weighted by Crippen LogP contribution is 2.03. The molecule has 0 atom stereocenters. The predicted octanol–water partition coefficient (Wildman–Crippen LogP) is -0.468. The second-order valence-corrected chi connectivity index (χ2v) is 6.04. The molecule has 7 nitrogen and oxygen atoms in total. The van der Waals surface area contributed by atoms with Gasteiger partial charge in [0.15, 0.2) is 9.84 Å². The predicted molar refractivity (Wildman–Crippen MR) is 68.7 cm³/mol. The topological polar surface area (TPSA) is 114 Å².